The molecule has 0 aromatic heterocycles. The van der Waals surface area contributed by atoms with Gasteiger partial charge in [0.2, 0.25) is 10.0 Å². The van der Waals surface area contributed by atoms with Crippen molar-refractivity contribution in [2.45, 2.75) is 51.3 Å². The number of rotatable bonds is 5. The van der Waals surface area contributed by atoms with Gasteiger partial charge in [-0.2, -0.15) is 0 Å². The highest BCUT2D eigenvalue weighted by Crippen LogP contribution is 2.23. The molecule has 4 heteroatoms. The third-order valence-electron chi connectivity index (χ3n) is 3.04. The van der Waals surface area contributed by atoms with Crippen LogP contribution < -0.4 is 4.72 Å². The van der Waals surface area contributed by atoms with E-state index in [1.54, 1.807) is 12.1 Å². The number of nitrogens with one attached hydrogen (secondary N) is 1. The van der Waals surface area contributed by atoms with Crippen LogP contribution in [0.1, 0.15) is 46.6 Å². The number of sulfonamides is 1. The summed E-state index contributed by atoms with van der Waals surface area (Å²) < 4.78 is 26.8. The van der Waals surface area contributed by atoms with Crippen LogP contribution in [0, 0.1) is 5.92 Å². The highest BCUT2D eigenvalue weighted by Gasteiger charge is 2.17. The first kappa shape index (κ1) is 16.2. The Labute approximate surface area is 117 Å². The van der Waals surface area contributed by atoms with Gasteiger partial charge in [-0.25, -0.2) is 13.1 Å². The zero-order valence-electron chi connectivity index (χ0n) is 12.5. The monoisotopic (exact) mass is 283 g/mol. The normalized spacial score (nSPS) is 12.9. The highest BCUT2D eigenvalue weighted by atomic mass is 32.2. The molecule has 0 heterocycles. The van der Waals surface area contributed by atoms with Crippen LogP contribution in [0.3, 0.4) is 0 Å². The van der Waals surface area contributed by atoms with Crippen LogP contribution in [0.25, 0.3) is 0 Å². The molecule has 0 fully saturated rings. The fraction of sp³-hybridized carbons (Fsp3) is 0.600. The molecule has 0 atom stereocenters. The molecule has 3 nitrogen and oxygen atoms in total. The molecule has 1 rings (SSSR count). The minimum Gasteiger partial charge on any atom is -0.211 e. The summed E-state index contributed by atoms with van der Waals surface area (Å²) in [6, 6.07) is 7.13. The van der Waals surface area contributed by atoms with Crippen molar-refractivity contribution in [3.63, 3.8) is 0 Å². The molecular formula is C15H25NO2S. The third kappa shape index (κ3) is 4.96. The fourth-order valence-electron chi connectivity index (χ4n) is 1.70. The Morgan fingerprint density at radius 2 is 1.63 bits per heavy atom. The van der Waals surface area contributed by atoms with Crippen LogP contribution >= 0.6 is 0 Å². The first-order chi connectivity index (χ1) is 8.63. The molecule has 108 valence electrons. The maximum absolute atomic E-state index is 12.1. The predicted molar refractivity (Wildman–Crippen MR) is 79.8 cm³/mol. The first-order valence-corrected chi connectivity index (χ1v) is 8.21. The number of benzene rings is 1. The summed E-state index contributed by atoms with van der Waals surface area (Å²) in [6.45, 7) is 11.0. The quantitative estimate of drug-likeness (QED) is 0.901. The van der Waals surface area contributed by atoms with Gasteiger partial charge in [-0.3, -0.25) is 0 Å². The maximum atomic E-state index is 12.1. The lowest BCUT2D eigenvalue weighted by atomic mass is 9.87. The van der Waals surface area contributed by atoms with Gasteiger partial charge in [0, 0.05) is 6.54 Å². The lowest BCUT2D eigenvalue weighted by Gasteiger charge is -2.19. The largest absolute Gasteiger partial charge is 0.240 e. The zero-order valence-corrected chi connectivity index (χ0v) is 13.3. The Kier molecular flexibility index (Phi) is 5.16. The Bertz CT molecular complexity index is 496. The van der Waals surface area contributed by atoms with Crippen molar-refractivity contribution in [3.8, 4) is 0 Å². The van der Waals surface area contributed by atoms with Gasteiger partial charge >= 0.3 is 0 Å². The molecule has 0 saturated carbocycles. The zero-order chi connectivity index (χ0) is 14.7. The molecule has 0 aliphatic rings. The molecule has 0 bridgehead atoms. The van der Waals surface area contributed by atoms with Gasteiger partial charge in [-0.1, -0.05) is 46.8 Å². The molecule has 1 N–H and O–H groups in total. The van der Waals surface area contributed by atoms with Crippen LogP contribution in [0.15, 0.2) is 29.2 Å². The SMILES string of the molecule is CC(C)CCNS(=O)(=O)c1ccc(C(C)(C)C)cc1. The van der Waals surface area contributed by atoms with E-state index in [-0.39, 0.29) is 5.41 Å². The van der Waals surface area contributed by atoms with Crippen molar-refractivity contribution in [3.05, 3.63) is 29.8 Å². The summed E-state index contributed by atoms with van der Waals surface area (Å²) in [4.78, 5) is 0.337. The van der Waals surface area contributed by atoms with Crippen LogP contribution in [0.5, 0.6) is 0 Å². The summed E-state index contributed by atoms with van der Waals surface area (Å²) in [7, 11) is -3.37. The Morgan fingerprint density at radius 3 is 2.05 bits per heavy atom. The second-order valence-electron chi connectivity index (χ2n) is 6.35. The van der Waals surface area contributed by atoms with Crippen LogP contribution in [-0.2, 0) is 15.4 Å². The van der Waals surface area contributed by atoms with E-state index >= 15 is 0 Å². The standard InChI is InChI=1S/C15H25NO2S/c1-12(2)10-11-16-19(17,18)14-8-6-13(7-9-14)15(3,4)5/h6-9,12,16H,10-11H2,1-5H3. The summed E-state index contributed by atoms with van der Waals surface area (Å²) >= 11 is 0. The van der Waals surface area contributed by atoms with Gasteiger partial charge in [-0.05, 0) is 35.4 Å². The summed E-state index contributed by atoms with van der Waals surface area (Å²) in [6.07, 6.45) is 0.847. The Hall–Kier alpha value is -0.870. The van der Waals surface area contributed by atoms with E-state index < -0.39 is 10.0 Å². The Balaban J connectivity index is 2.80. The van der Waals surface area contributed by atoms with E-state index in [2.05, 4.69) is 39.3 Å². The van der Waals surface area contributed by atoms with Crippen LogP contribution in [0.2, 0.25) is 0 Å². The van der Waals surface area contributed by atoms with Crippen molar-refractivity contribution in [2.75, 3.05) is 6.54 Å². The van der Waals surface area contributed by atoms with Gasteiger partial charge in [0.1, 0.15) is 0 Å². The van der Waals surface area contributed by atoms with Gasteiger partial charge in [0.25, 0.3) is 0 Å². The average molecular weight is 283 g/mol. The van der Waals surface area contributed by atoms with Crippen molar-refractivity contribution in [1.29, 1.82) is 0 Å². The number of hydrogen-bond acceptors (Lipinski definition) is 2. The molecular weight excluding hydrogens is 258 g/mol. The highest BCUT2D eigenvalue weighted by molar-refractivity contribution is 7.89. The smallest absolute Gasteiger partial charge is 0.211 e. The predicted octanol–water partition coefficient (Wildman–Crippen LogP) is 3.31. The average Bonchev–Trinajstić information content (AvgIpc) is 2.27. The van der Waals surface area contributed by atoms with Crippen molar-refractivity contribution in [1.82, 2.24) is 4.72 Å². The van der Waals surface area contributed by atoms with Gasteiger partial charge in [0.15, 0.2) is 0 Å². The van der Waals surface area contributed by atoms with Crippen molar-refractivity contribution in [2.24, 2.45) is 5.92 Å². The fourth-order valence-corrected chi connectivity index (χ4v) is 2.75. The van der Waals surface area contributed by atoms with E-state index in [4.69, 9.17) is 0 Å². The first-order valence-electron chi connectivity index (χ1n) is 6.73. The minimum absolute atomic E-state index is 0.0351. The Morgan fingerprint density at radius 1 is 1.11 bits per heavy atom. The molecule has 0 saturated heterocycles. The van der Waals surface area contributed by atoms with Gasteiger partial charge in [0.05, 0.1) is 4.90 Å². The van der Waals surface area contributed by atoms with Crippen molar-refractivity contribution >= 4 is 10.0 Å². The summed E-state index contributed by atoms with van der Waals surface area (Å²) in [5, 5.41) is 0. The maximum Gasteiger partial charge on any atom is 0.240 e. The molecule has 0 unspecified atom stereocenters. The lowest BCUT2D eigenvalue weighted by Crippen LogP contribution is -2.25. The lowest BCUT2D eigenvalue weighted by molar-refractivity contribution is 0.551. The molecule has 19 heavy (non-hydrogen) atoms. The second kappa shape index (κ2) is 6.06. The molecule has 0 aliphatic heterocycles. The topological polar surface area (TPSA) is 46.2 Å². The van der Waals surface area contributed by atoms with Crippen LogP contribution in [-0.4, -0.2) is 15.0 Å². The van der Waals surface area contributed by atoms with E-state index in [9.17, 15) is 8.42 Å². The number of hydrogen-bond donors (Lipinski definition) is 1. The van der Waals surface area contributed by atoms with E-state index in [0.717, 1.165) is 12.0 Å². The van der Waals surface area contributed by atoms with Gasteiger partial charge in [-0.15, -0.1) is 0 Å². The summed E-state index contributed by atoms with van der Waals surface area (Å²) in [5.41, 5.74) is 1.17. The third-order valence-corrected chi connectivity index (χ3v) is 4.52. The van der Waals surface area contributed by atoms with E-state index in [1.807, 2.05) is 12.1 Å². The molecule has 1 aromatic rings. The second-order valence-corrected chi connectivity index (χ2v) is 8.12. The summed E-state index contributed by atoms with van der Waals surface area (Å²) in [5.74, 6) is 0.492. The van der Waals surface area contributed by atoms with Crippen molar-refractivity contribution < 1.29 is 8.42 Å². The molecule has 0 amide bonds. The van der Waals surface area contributed by atoms with Crippen LogP contribution in [0.4, 0.5) is 0 Å². The molecule has 0 radical (unpaired) electrons. The minimum atomic E-state index is -3.37. The molecule has 0 spiro atoms. The van der Waals surface area contributed by atoms with Gasteiger partial charge < -0.3 is 0 Å². The van der Waals surface area contributed by atoms with E-state index in [1.165, 1.54) is 0 Å². The molecule has 1 aromatic carbocycles. The molecule has 0 aliphatic carbocycles. The van der Waals surface area contributed by atoms with E-state index in [0.29, 0.717) is 17.4 Å².